The van der Waals surface area contributed by atoms with Gasteiger partial charge in [-0.05, 0) is 37.7 Å². The number of carbonyl (C=O) groups is 1. The number of nitrogens with zero attached hydrogens (tertiary/aromatic N) is 1. The first kappa shape index (κ1) is 20.1. The number of carbonyl (C=O) groups excluding carboxylic acids is 1. The molecule has 1 unspecified atom stereocenters. The number of fused-ring (bicyclic) bond motifs is 3. The Balaban J connectivity index is 1.62. The summed E-state index contributed by atoms with van der Waals surface area (Å²) in [5, 5.41) is 3.48. The molecule has 0 aromatic carbocycles. The van der Waals surface area contributed by atoms with Crippen LogP contribution in [-0.4, -0.2) is 29.3 Å². The molecular weight excluding hydrogens is 340 g/mol. The zero-order valence-corrected chi connectivity index (χ0v) is 17.0. The SMILES string of the molecule is CCCCCCC(C)C(=O)O[C@]12CC[C@@H](CN1)C[C@H]2Oc1ccc(C)cn1. The molecule has 0 amide bonds. The zero-order valence-electron chi connectivity index (χ0n) is 17.0. The summed E-state index contributed by atoms with van der Waals surface area (Å²) in [5.41, 5.74) is 0.388. The average molecular weight is 375 g/mol. The Labute approximate surface area is 163 Å². The summed E-state index contributed by atoms with van der Waals surface area (Å²) in [7, 11) is 0. The van der Waals surface area contributed by atoms with Crippen LogP contribution in [0.3, 0.4) is 0 Å². The Morgan fingerprint density at radius 2 is 2.22 bits per heavy atom. The van der Waals surface area contributed by atoms with E-state index in [1.807, 2.05) is 26.0 Å². The lowest BCUT2D eigenvalue weighted by molar-refractivity contribution is -0.203. The third kappa shape index (κ3) is 5.01. The molecule has 0 spiro atoms. The number of hydrogen-bond donors (Lipinski definition) is 1. The second-order valence-electron chi connectivity index (χ2n) is 8.36. The number of rotatable bonds is 9. The molecule has 1 N–H and O–H groups in total. The first-order chi connectivity index (χ1) is 13.0. The lowest BCUT2D eigenvalue weighted by atomic mass is 9.76. The molecule has 4 rings (SSSR count). The van der Waals surface area contributed by atoms with Gasteiger partial charge in [0.15, 0.2) is 6.10 Å². The van der Waals surface area contributed by atoms with Crippen LogP contribution in [0.5, 0.6) is 5.88 Å². The van der Waals surface area contributed by atoms with Crippen LogP contribution in [0.4, 0.5) is 0 Å². The number of nitrogens with one attached hydrogen (secondary N) is 1. The Hall–Kier alpha value is -1.62. The van der Waals surface area contributed by atoms with Crippen LogP contribution < -0.4 is 10.1 Å². The standard InChI is InChI=1S/C22H34N2O3/c1-4-5-6-7-8-17(3)21(25)27-22-12-11-18(15-24-22)13-19(22)26-20-10-9-16(2)14-23-20/h9-10,14,17-19,24H,4-8,11-13,15H2,1-3H3/t17?,18-,19-,22+/m1/s1. The summed E-state index contributed by atoms with van der Waals surface area (Å²) in [6.07, 6.45) is 10.0. The first-order valence-electron chi connectivity index (χ1n) is 10.6. The van der Waals surface area contributed by atoms with Crippen molar-refractivity contribution >= 4 is 5.97 Å². The van der Waals surface area contributed by atoms with Crippen LogP contribution in [0.1, 0.15) is 70.8 Å². The average Bonchev–Trinajstić information content (AvgIpc) is 2.68. The second kappa shape index (κ2) is 9.05. The van der Waals surface area contributed by atoms with Gasteiger partial charge in [0.1, 0.15) is 0 Å². The van der Waals surface area contributed by atoms with Crippen LogP contribution in [0.2, 0.25) is 0 Å². The van der Waals surface area contributed by atoms with E-state index in [0.29, 0.717) is 11.8 Å². The minimum absolute atomic E-state index is 0.0733. The molecule has 3 heterocycles. The summed E-state index contributed by atoms with van der Waals surface area (Å²) in [5.74, 6) is 0.996. The normalized spacial score (nSPS) is 28.0. The summed E-state index contributed by atoms with van der Waals surface area (Å²) in [6, 6.07) is 3.89. The third-order valence-electron chi connectivity index (χ3n) is 6.00. The largest absolute Gasteiger partial charge is 0.469 e. The van der Waals surface area contributed by atoms with E-state index in [0.717, 1.165) is 44.2 Å². The van der Waals surface area contributed by atoms with Crippen molar-refractivity contribution < 1.29 is 14.3 Å². The number of aromatic nitrogens is 1. The number of pyridine rings is 1. The Bertz CT molecular complexity index is 608. The van der Waals surface area contributed by atoms with E-state index in [2.05, 4.69) is 17.2 Å². The first-order valence-corrected chi connectivity index (χ1v) is 10.6. The minimum atomic E-state index is -0.712. The monoisotopic (exact) mass is 374 g/mol. The smallest absolute Gasteiger partial charge is 0.310 e. The van der Waals surface area contributed by atoms with Crippen LogP contribution in [-0.2, 0) is 9.53 Å². The van der Waals surface area contributed by atoms with Gasteiger partial charge in [-0.3, -0.25) is 10.1 Å². The van der Waals surface area contributed by atoms with E-state index in [1.54, 1.807) is 6.20 Å². The maximum atomic E-state index is 12.8. The zero-order chi connectivity index (χ0) is 19.3. The van der Waals surface area contributed by atoms with Crippen molar-refractivity contribution in [2.24, 2.45) is 11.8 Å². The summed E-state index contributed by atoms with van der Waals surface area (Å²) in [4.78, 5) is 17.1. The van der Waals surface area contributed by atoms with Gasteiger partial charge in [-0.1, -0.05) is 45.6 Å². The second-order valence-corrected chi connectivity index (χ2v) is 8.36. The van der Waals surface area contributed by atoms with Gasteiger partial charge in [0.25, 0.3) is 0 Å². The van der Waals surface area contributed by atoms with Crippen molar-refractivity contribution in [3.63, 3.8) is 0 Å². The van der Waals surface area contributed by atoms with E-state index in [-0.39, 0.29) is 18.0 Å². The molecule has 2 bridgehead atoms. The molecule has 3 fully saturated rings. The van der Waals surface area contributed by atoms with Crippen LogP contribution in [0.15, 0.2) is 18.3 Å². The number of hydrogen-bond acceptors (Lipinski definition) is 5. The predicted octanol–water partition coefficient (Wildman–Crippen LogP) is 4.39. The quantitative estimate of drug-likeness (QED) is 0.513. The highest BCUT2D eigenvalue weighted by atomic mass is 16.6. The van der Waals surface area contributed by atoms with Crippen molar-refractivity contribution in [2.45, 2.75) is 84.0 Å². The molecular formula is C22H34N2O3. The third-order valence-corrected chi connectivity index (χ3v) is 6.00. The number of ether oxygens (including phenoxy) is 2. The maximum Gasteiger partial charge on any atom is 0.310 e. The summed E-state index contributed by atoms with van der Waals surface area (Å²) < 4.78 is 12.3. The maximum absolute atomic E-state index is 12.8. The van der Waals surface area contributed by atoms with Crippen molar-refractivity contribution in [3.05, 3.63) is 23.9 Å². The van der Waals surface area contributed by atoms with Crippen molar-refractivity contribution in [1.29, 1.82) is 0 Å². The molecule has 4 atom stereocenters. The number of piperidine rings is 2. The van der Waals surface area contributed by atoms with E-state index in [4.69, 9.17) is 9.47 Å². The van der Waals surface area contributed by atoms with Gasteiger partial charge < -0.3 is 9.47 Å². The van der Waals surface area contributed by atoms with Crippen LogP contribution >= 0.6 is 0 Å². The highest BCUT2D eigenvalue weighted by molar-refractivity contribution is 5.72. The molecule has 2 aliphatic heterocycles. The van der Waals surface area contributed by atoms with Crippen molar-refractivity contribution in [2.75, 3.05) is 6.54 Å². The fraction of sp³-hybridized carbons (Fsp3) is 0.727. The number of esters is 1. The molecule has 1 saturated carbocycles. The summed E-state index contributed by atoms with van der Waals surface area (Å²) >= 11 is 0. The van der Waals surface area contributed by atoms with Gasteiger partial charge in [-0.25, -0.2) is 4.98 Å². The van der Waals surface area contributed by atoms with Gasteiger partial charge in [-0.15, -0.1) is 0 Å². The van der Waals surface area contributed by atoms with Crippen LogP contribution in [0.25, 0.3) is 0 Å². The van der Waals surface area contributed by atoms with Crippen molar-refractivity contribution in [1.82, 2.24) is 10.3 Å². The van der Waals surface area contributed by atoms with Crippen LogP contribution in [0, 0.1) is 18.8 Å². The van der Waals surface area contributed by atoms with Gasteiger partial charge in [-0.2, -0.15) is 0 Å². The van der Waals surface area contributed by atoms with Gasteiger partial charge >= 0.3 is 5.97 Å². The van der Waals surface area contributed by atoms with Crippen molar-refractivity contribution in [3.8, 4) is 5.88 Å². The lowest BCUT2D eigenvalue weighted by Crippen LogP contribution is -2.67. The highest BCUT2D eigenvalue weighted by Gasteiger charge is 2.52. The Morgan fingerprint density at radius 1 is 1.37 bits per heavy atom. The van der Waals surface area contributed by atoms with E-state index >= 15 is 0 Å². The number of aryl methyl sites for hydroxylation is 1. The van der Waals surface area contributed by atoms with Gasteiger partial charge in [0.05, 0.1) is 5.92 Å². The molecule has 3 aliphatic rings. The topological polar surface area (TPSA) is 60.5 Å². The molecule has 1 aromatic rings. The Morgan fingerprint density at radius 3 is 2.89 bits per heavy atom. The summed E-state index contributed by atoms with van der Waals surface area (Å²) in [6.45, 7) is 7.08. The molecule has 2 saturated heterocycles. The predicted molar refractivity (Wildman–Crippen MR) is 105 cm³/mol. The molecule has 27 heavy (non-hydrogen) atoms. The molecule has 5 heteroatoms. The fourth-order valence-corrected chi connectivity index (χ4v) is 4.14. The molecule has 150 valence electrons. The lowest BCUT2D eigenvalue weighted by Gasteiger charge is -2.50. The minimum Gasteiger partial charge on any atom is -0.469 e. The number of unbranched alkanes of at least 4 members (excludes halogenated alkanes) is 3. The van der Waals surface area contributed by atoms with Gasteiger partial charge in [0.2, 0.25) is 11.6 Å². The highest BCUT2D eigenvalue weighted by Crippen LogP contribution is 2.40. The fourth-order valence-electron chi connectivity index (χ4n) is 4.14. The van der Waals surface area contributed by atoms with E-state index in [9.17, 15) is 4.79 Å². The Kier molecular flexibility index (Phi) is 6.74. The van der Waals surface area contributed by atoms with E-state index < -0.39 is 5.72 Å². The molecule has 0 radical (unpaired) electrons. The molecule has 1 aliphatic carbocycles. The molecule has 5 nitrogen and oxygen atoms in total. The van der Waals surface area contributed by atoms with Gasteiger partial charge in [0, 0.05) is 25.2 Å². The molecule has 1 aromatic heterocycles. The van der Waals surface area contributed by atoms with E-state index in [1.165, 1.54) is 19.3 Å².